The van der Waals surface area contributed by atoms with Gasteiger partial charge in [-0.3, -0.25) is 4.79 Å². The van der Waals surface area contributed by atoms with Crippen LogP contribution in [-0.4, -0.2) is 24.6 Å². The minimum absolute atomic E-state index is 0.0722. The van der Waals surface area contributed by atoms with Gasteiger partial charge in [0.15, 0.2) is 12.2 Å². The summed E-state index contributed by atoms with van der Waals surface area (Å²) < 4.78 is 16.7. The van der Waals surface area contributed by atoms with Gasteiger partial charge in [-0.05, 0) is 61.4 Å². The largest absolute Gasteiger partial charge is 0.497 e. The summed E-state index contributed by atoms with van der Waals surface area (Å²) in [6.07, 6.45) is 0. The van der Waals surface area contributed by atoms with Gasteiger partial charge >= 0.3 is 0 Å². The van der Waals surface area contributed by atoms with E-state index in [0.717, 1.165) is 16.7 Å². The predicted octanol–water partition coefficient (Wildman–Crippen LogP) is 5.14. The van der Waals surface area contributed by atoms with Crippen molar-refractivity contribution in [1.29, 1.82) is 0 Å². The van der Waals surface area contributed by atoms with Crippen LogP contribution < -0.4 is 14.8 Å². The average molecular weight is 402 g/mol. The molecule has 0 radical (unpaired) electrons. The third-order valence-electron chi connectivity index (χ3n) is 4.90. The van der Waals surface area contributed by atoms with Crippen molar-refractivity contribution < 1.29 is 18.7 Å². The molecule has 0 fully saturated rings. The minimum atomic E-state index is -0.240. The number of rotatable bonds is 6. The average Bonchev–Trinajstić information content (AvgIpc) is 3.18. The molecular weight excluding hydrogens is 380 g/mol. The molecule has 0 aliphatic heterocycles. The zero-order valence-electron chi connectivity index (χ0n) is 17.1. The van der Waals surface area contributed by atoms with Crippen LogP contribution in [0.15, 0.2) is 65.1 Å². The van der Waals surface area contributed by atoms with Crippen molar-refractivity contribution >= 4 is 22.7 Å². The van der Waals surface area contributed by atoms with E-state index in [0.29, 0.717) is 34.2 Å². The lowest BCUT2D eigenvalue weighted by molar-refractivity contribution is -0.118. The molecule has 0 bridgehead atoms. The van der Waals surface area contributed by atoms with Crippen molar-refractivity contribution in [2.45, 2.75) is 13.8 Å². The molecule has 1 N–H and O–H groups in total. The number of methoxy groups -OCH3 is 1. The SMILES string of the molecule is COc1ccc2oc(-c3cccc(NC(=O)COc4cccc(C)c4C)c3)nc2c1. The topological polar surface area (TPSA) is 73.6 Å². The smallest absolute Gasteiger partial charge is 0.262 e. The van der Waals surface area contributed by atoms with Gasteiger partial charge in [-0.2, -0.15) is 0 Å². The van der Waals surface area contributed by atoms with E-state index < -0.39 is 0 Å². The summed E-state index contributed by atoms with van der Waals surface area (Å²) >= 11 is 0. The molecule has 4 aromatic rings. The molecule has 0 aliphatic rings. The summed E-state index contributed by atoms with van der Waals surface area (Å²) in [5, 5.41) is 2.86. The normalized spacial score (nSPS) is 10.8. The lowest BCUT2D eigenvalue weighted by atomic mass is 10.1. The van der Waals surface area contributed by atoms with Gasteiger partial charge in [-0.1, -0.05) is 18.2 Å². The van der Waals surface area contributed by atoms with Gasteiger partial charge in [-0.25, -0.2) is 4.98 Å². The van der Waals surface area contributed by atoms with Crippen LogP contribution in [0.5, 0.6) is 11.5 Å². The number of carbonyl (C=O) groups excluding carboxylic acids is 1. The van der Waals surface area contributed by atoms with E-state index in [1.54, 1.807) is 7.11 Å². The number of anilines is 1. The second kappa shape index (κ2) is 8.29. The number of hydrogen-bond donors (Lipinski definition) is 1. The number of carbonyl (C=O) groups is 1. The quantitative estimate of drug-likeness (QED) is 0.483. The molecule has 152 valence electrons. The number of benzene rings is 3. The van der Waals surface area contributed by atoms with Crippen LogP contribution in [0.4, 0.5) is 5.69 Å². The number of fused-ring (bicyclic) bond motifs is 1. The number of hydrogen-bond acceptors (Lipinski definition) is 5. The number of aromatic nitrogens is 1. The first-order chi connectivity index (χ1) is 14.5. The van der Waals surface area contributed by atoms with Crippen LogP contribution in [0.3, 0.4) is 0 Å². The van der Waals surface area contributed by atoms with Crippen molar-refractivity contribution in [2.75, 3.05) is 19.0 Å². The van der Waals surface area contributed by atoms with Crippen LogP contribution in [0.2, 0.25) is 0 Å². The number of nitrogens with zero attached hydrogens (tertiary/aromatic N) is 1. The maximum atomic E-state index is 12.4. The van der Waals surface area contributed by atoms with Crippen LogP contribution in [0, 0.1) is 13.8 Å². The van der Waals surface area contributed by atoms with Gasteiger partial charge in [0, 0.05) is 17.3 Å². The molecule has 0 unspecified atom stereocenters. The highest BCUT2D eigenvalue weighted by Gasteiger charge is 2.11. The number of nitrogens with one attached hydrogen (secondary N) is 1. The Morgan fingerprint density at radius 3 is 2.73 bits per heavy atom. The highest BCUT2D eigenvalue weighted by atomic mass is 16.5. The Hall–Kier alpha value is -3.80. The fourth-order valence-electron chi connectivity index (χ4n) is 3.11. The molecule has 0 spiro atoms. The van der Waals surface area contributed by atoms with Gasteiger partial charge in [0.25, 0.3) is 5.91 Å². The van der Waals surface area contributed by atoms with Crippen LogP contribution >= 0.6 is 0 Å². The zero-order chi connectivity index (χ0) is 21.1. The summed E-state index contributed by atoms with van der Waals surface area (Å²) in [4.78, 5) is 16.9. The first-order valence-electron chi connectivity index (χ1n) is 9.57. The first-order valence-corrected chi connectivity index (χ1v) is 9.57. The maximum Gasteiger partial charge on any atom is 0.262 e. The molecule has 30 heavy (non-hydrogen) atoms. The van der Waals surface area contributed by atoms with E-state index in [2.05, 4.69) is 10.3 Å². The molecule has 6 nitrogen and oxygen atoms in total. The molecule has 0 saturated carbocycles. The zero-order valence-corrected chi connectivity index (χ0v) is 17.1. The maximum absolute atomic E-state index is 12.4. The van der Waals surface area contributed by atoms with Gasteiger partial charge in [-0.15, -0.1) is 0 Å². The van der Waals surface area contributed by atoms with E-state index in [-0.39, 0.29) is 12.5 Å². The van der Waals surface area contributed by atoms with E-state index in [1.165, 1.54) is 0 Å². The summed E-state index contributed by atoms with van der Waals surface area (Å²) in [5.74, 6) is 1.66. The van der Waals surface area contributed by atoms with Crippen LogP contribution in [-0.2, 0) is 4.79 Å². The second-order valence-electron chi connectivity index (χ2n) is 6.97. The monoisotopic (exact) mass is 402 g/mol. The number of amides is 1. The predicted molar refractivity (Wildman–Crippen MR) is 116 cm³/mol. The van der Waals surface area contributed by atoms with E-state index >= 15 is 0 Å². The van der Waals surface area contributed by atoms with Gasteiger partial charge < -0.3 is 19.2 Å². The summed E-state index contributed by atoms with van der Waals surface area (Å²) in [7, 11) is 1.61. The third-order valence-corrected chi connectivity index (χ3v) is 4.90. The Bertz CT molecular complexity index is 1210. The fourth-order valence-corrected chi connectivity index (χ4v) is 3.11. The molecule has 0 atom stereocenters. The van der Waals surface area contributed by atoms with Gasteiger partial charge in [0.2, 0.25) is 5.89 Å². The van der Waals surface area contributed by atoms with Crippen molar-refractivity contribution in [3.63, 3.8) is 0 Å². The Morgan fingerprint density at radius 2 is 1.90 bits per heavy atom. The van der Waals surface area contributed by atoms with Gasteiger partial charge in [0.1, 0.15) is 17.0 Å². The van der Waals surface area contributed by atoms with Crippen molar-refractivity contribution in [3.8, 4) is 23.0 Å². The molecule has 3 aromatic carbocycles. The summed E-state index contributed by atoms with van der Waals surface area (Å²) in [6.45, 7) is 3.91. The van der Waals surface area contributed by atoms with Crippen LogP contribution in [0.1, 0.15) is 11.1 Å². The Balaban J connectivity index is 1.46. The highest BCUT2D eigenvalue weighted by Crippen LogP contribution is 2.28. The van der Waals surface area contributed by atoms with E-state index in [1.807, 2.05) is 74.5 Å². The lowest BCUT2D eigenvalue weighted by Gasteiger charge is -2.11. The number of oxazole rings is 1. The van der Waals surface area contributed by atoms with Crippen molar-refractivity contribution in [2.24, 2.45) is 0 Å². The molecule has 1 amide bonds. The number of aryl methyl sites for hydroxylation is 1. The Morgan fingerprint density at radius 1 is 1.07 bits per heavy atom. The van der Waals surface area contributed by atoms with E-state index in [9.17, 15) is 4.79 Å². The molecule has 1 heterocycles. The minimum Gasteiger partial charge on any atom is -0.497 e. The fraction of sp³-hybridized carbons (Fsp3) is 0.167. The van der Waals surface area contributed by atoms with Gasteiger partial charge in [0.05, 0.1) is 7.11 Å². The molecule has 0 aliphatic carbocycles. The van der Waals surface area contributed by atoms with Crippen molar-refractivity contribution in [1.82, 2.24) is 4.98 Å². The summed E-state index contributed by atoms with van der Waals surface area (Å²) in [5.41, 5.74) is 4.93. The van der Waals surface area contributed by atoms with E-state index in [4.69, 9.17) is 13.9 Å². The number of ether oxygens (including phenoxy) is 2. The third kappa shape index (κ3) is 4.12. The van der Waals surface area contributed by atoms with Crippen LogP contribution in [0.25, 0.3) is 22.6 Å². The second-order valence-corrected chi connectivity index (χ2v) is 6.97. The van der Waals surface area contributed by atoms with Crippen molar-refractivity contribution in [3.05, 3.63) is 71.8 Å². The molecular formula is C24H22N2O4. The molecule has 4 rings (SSSR count). The molecule has 1 aromatic heterocycles. The first kappa shape index (κ1) is 19.5. The Kier molecular flexibility index (Phi) is 5.39. The lowest BCUT2D eigenvalue weighted by Crippen LogP contribution is -2.20. The Labute approximate surface area is 174 Å². The molecule has 0 saturated heterocycles. The highest BCUT2D eigenvalue weighted by molar-refractivity contribution is 5.92. The molecule has 6 heteroatoms. The standard InChI is InChI=1S/C24H22N2O4/c1-15-6-4-9-21(16(15)2)29-14-23(27)25-18-8-5-7-17(12-18)24-26-20-13-19(28-3)10-11-22(20)30-24/h4-13H,14H2,1-3H3,(H,25,27). The summed E-state index contributed by atoms with van der Waals surface area (Å²) in [6, 6.07) is 18.6.